The van der Waals surface area contributed by atoms with Crippen LogP contribution in [0.1, 0.15) is 5.56 Å². The Balaban J connectivity index is 1.22. The minimum Gasteiger partial charge on any atom is -0.506 e. The van der Waals surface area contributed by atoms with Crippen LogP contribution in [0.25, 0.3) is 5.69 Å². The number of hydrogen-bond donors (Lipinski definition) is 2. The van der Waals surface area contributed by atoms with Crippen molar-refractivity contribution in [3.63, 3.8) is 0 Å². The van der Waals surface area contributed by atoms with Crippen molar-refractivity contribution in [1.82, 2.24) is 20.0 Å². The standard InChI is InChI=1S/C22H25N5O2/c28-21-5-2-1-4-20(21)25-14-16-26(17-15-25)22(29)23-12-10-18-6-8-19(9-7-18)27-13-3-11-24-27/h1-9,11,13,28H,10,12,14-17H2,(H,23,29). The molecule has 1 fully saturated rings. The van der Waals surface area contributed by atoms with E-state index >= 15 is 0 Å². The third-order valence-corrected chi connectivity index (χ3v) is 5.18. The van der Waals surface area contributed by atoms with Crippen LogP contribution in [0, 0.1) is 0 Å². The summed E-state index contributed by atoms with van der Waals surface area (Å²) in [7, 11) is 0. The molecule has 2 N–H and O–H groups in total. The summed E-state index contributed by atoms with van der Waals surface area (Å²) in [6.45, 7) is 3.29. The molecule has 1 aromatic heterocycles. The molecule has 29 heavy (non-hydrogen) atoms. The van der Waals surface area contributed by atoms with Crippen LogP contribution >= 0.6 is 0 Å². The van der Waals surface area contributed by atoms with E-state index < -0.39 is 0 Å². The molecule has 2 heterocycles. The Labute approximate surface area is 170 Å². The van der Waals surface area contributed by atoms with E-state index in [1.54, 1.807) is 12.3 Å². The van der Waals surface area contributed by atoms with Crippen LogP contribution in [0.5, 0.6) is 5.75 Å². The maximum Gasteiger partial charge on any atom is 0.317 e. The fourth-order valence-corrected chi connectivity index (χ4v) is 3.54. The van der Waals surface area contributed by atoms with Crippen LogP contribution in [0.3, 0.4) is 0 Å². The zero-order valence-corrected chi connectivity index (χ0v) is 16.2. The number of benzene rings is 2. The van der Waals surface area contributed by atoms with E-state index in [9.17, 15) is 9.90 Å². The molecule has 7 nitrogen and oxygen atoms in total. The first kappa shape index (κ1) is 18.9. The average molecular weight is 391 g/mol. The predicted molar refractivity (Wildman–Crippen MR) is 113 cm³/mol. The van der Waals surface area contributed by atoms with Gasteiger partial charge in [-0.25, -0.2) is 9.48 Å². The Morgan fingerprint density at radius 2 is 1.76 bits per heavy atom. The Morgan fingerprint density at radius 3 is 2.45 bits per heavy atom. The van der Waals surface area contributed by atoms with E-state index in [0.717, 1.165) is 17.8 Å². The number of aromatic nitrogens is 2. The highest BCUT2D eigenvalue weighted by atomic mass is 16.3. The number of carbonyl (C=O) groups excluding carboxylic acids is 1. The molecule has 0 unspecified atom stereocenters. The minimum absolute atomic E-state index is 0.0323. The number of amides is 2. The molecule has 0 saturated carbocycles. The van der Waals surface area contributed by atoms with E-state index in [0.29, 0.717) is 32.7 Å². The molecule has 2 aromatic carbocycles. The van der Waals surface area contributed by atoms with Crippen molar-refractivity contribution in [1.29, 1.82) is 0 Å². The monoisotopic (exact) mass is 391 g/mol. The first-order valence-electron chi connectivity index (χ1n) is 9.85. The van der Waals surface area contributed by atoms with Gasteiger partial charge in [0, 0.05) is 45.1 Å². The molecule has 0 radical (unpaired) electrons. The van der Waals surface area contributed by atoms with Gasteiger partial charge in [-0.05, 0) is 42.3 Å². The first-order chi connectivity index (χ1) is 14.2. The second-order valence-corrected chi connectivity index (χ2v) is 7.06. The van der Waals surface area contributed by atoms with Gasteiger partial charge in [0.15, 0.2) is 0 Å². The Kier molecular flexibility index (Phi) is 5.65. The number of anilines is 1. The molecule has 0 spiro atoms. The SMILES string of the molecule is O=C(NCCc1ccc(-n2cccn2)cc1)N1CCN(c2ccccc2O)CC1. The highest BCUT2D eigenvalue weighted by Crippen LogP contribution is 2.27. The number of carbonyl (C=O) groups is 1. The molecule has 3 aromatic rings. The fraction of sp³-hybridized carbons (Fsp3) is 0.273. The summed E-state index contributed by atoms with van der Waals surface area (Å²) in [5.41, 5.74) is 3.02. The lowest BCUT2D eigenvalue weighted by Gasteiger charge is -2.36. The summed E-state index contributed by atoms with van der Waals surface area (Å²) in [6, 6.07) is 17.4. The maximum atomic E-state index is 12.4. The molecular formula is C22H25N5O2. The van der Waals surface area contributed by atoms with Gasteiger partial charge < -0.3 is 20.2 Å². The van der Waals surface area contributed by atoms with Gasteiger partial charge in [0.1, 0.15) is 5.75 Å². The summed E-state index contributed by atoms with van der Waals surface area (Å²) in [6.07, 6.45) is 4.45. The quantitative estimate of drug-likeness (QED) is 0.701. The molecule has 0 atom stereocenters. The average Bonchev–Trinajstić information content (AvgIpc) is 3.30. The van der Waals surface area contributed by atoms with Crippen LogP contribution in [0.15, 0.2) is 67.0 Å². The van der Waals surface area contributed by atoms with E-state index in [2.05, 4.69) is 27.4 Å². The van der Waals surface area contributed by atoms with Gasteiger partial charge in [0.05, 0.1) is 11.4 Å². The Hall–Kier alpha value is -3.48. The number of phenols is 1. The second-order valence-electron chi connectivity index (χ2n) is 7.06. The second kappa shape index (κ2) is 8.68. The predicted octanol–water partition coefficient (Wildman–Crippen LogP) is 2.65. The normalized spacial score (nSPS) is 14.1. The third kappa shape index (κ3) is 4.51. The van der Waals surface area contributed by atoms with Gasteiger partial charge in [0.25, 0.3) is 0 Å². The number of rotatable bonds is 5. The van der Waals surface area contributed by atoms with E-state index in [-0.39, 0.29) is 11.8 Å². The topological polar surface area (TPSA) is 73.6 Å². The lowest BCUT2D eigenvalue weighted by molar-refractivity contribution is 0.194. The van der Waals surface area contributed by atoms with Crippen molar-refractivity contribution in [2.75, 3.05) is 37.6 Å². The minimum atomic E-state index is -0.0323. The van der Waals surface area contributed by atoms with Gasteiger partial charge in [-0.2, -0.15) is 5.10 Å². The van der Waals surface area contributed by atoms with Crippen LogP contribution in [0.2, 0.25) is 0 Å². The summed E-state index contributed by atoms with van der Waals surface area (Å²) < 4.78 is 1.82. The van der Waals surface area contributed by atoms with E-state index in [4.69, 9.17) is 0 Å². The number of urea groups is 1. The van der Waals surface area contributed by atoms with Crippen LogP contribution in [-0.4, -0.2) is 58.5 Å². The number of nitrogens with one attached hydrogen (secondary N) is 1. The molecular weight excluding hydrogens is 366 g/mol. The first-order valence-corrected chi connectivity index (χ1v) is 9.85. The fourth-order valence-electron chi connectivity index (χ4n) is 3.54. The summed E-state index contributed by atoms with van der Waals surface area (Å²) >= 11 is 0. The molecule has 0 aliphatic carbocycles. The van der Waals surface area contributed by atoms with Crippen molar-refractivity contribution in [3.05, 3.63) is 72.6 Å². The van der Waals surface area contributed by atoms with E-state index in [1.165, 1.54) is 5.56 Å². The summed E-state index contributed by atoms with van der Waals surface area (Å²) in [5.74, 6) is 0.281. The lowest BCUT2D eigenvalue weighted by atomic mass is 10.1. The van der Waals surface area contributed by atoms with Crippen molar-refractivity contribution in [3.8, 4) is 11.4 Å². The Morgan fingerprint density at radius 1 is 1.00 bits per heavy atom. The largest absolute Gasteiger partial charge is 0.506 e. The van der Waals surface area contributed by atoms with Gasteiger partial charge in [-0.15, -0.1) is 0 Å². The van der Waals surface area contributed by atoms with Gasteiger partial charge in [-0.1, -0.05) is 24.3 Å². The number of aromatic hydroxyl groups is 1. The Bertz CT molecular complexity index is 932. The molecule has 1 aliphatic rings. The number of hydrogen-bond acceptors (Lipinski definition) is 4. The summed E-state index contributed by atoms with van der Waals surface area (Å²) in [5, 5.41) is 17.2. The number of phenolic OH excluding ortho intramolecular Hbond substituents is 1. The summed E-state index contributed by atoms with van der Waals surface area (Å²) in [4.78, 5) is 16.4. The van der Waals surface area contributed by atoms with Crippen LogP contribution < -0.4 is 10.2 Å². The zero-order valence-electron chi connectivity index (χ0n) is 16.2. The van der Waals surface area contributed by atoms with Gasteiger partial charge in [0.2, 0.25) is 0 Å². The van der Waals surface area contributed by atoms with Crippen molar-refractivity contribution in [2.45, 2.75) is 6.42 Å². The maximum absolute atomic E-state index is 12.4. The third-order valence-electron chi connectivity index (χ3n) is 5.18. The van der Waals surface area contributed by atoms with Crippen LogP contribution in [-0.2, 0) is 6.42 Å². The smallest absolute Gasteiger partial charge is 0.317 e. The molecule has 2 amide bonds. The van der Waals surface area contributed by atoms with Crippen LogP contribution in [0.4, 0.5) is 10.5 Å². The molecule has 7 heteroatoms. The number of para-hydroxylation sites is 2. The van der Waals surface area contributed by atoms with E-state index in [1.807, 2.05) is 52.2 Å². The highest BCUT2D eigenvalue weighted by Gasteiger charge is 2.22. The van der Waals surface area contributed by atoms with Gasteiger partial charge in [-0.3, -0.25) is 0 Å². The lowest BCUT2D eigenvalue weighted by Crippen LogP contribution is -2.52. The highest BCUT2D eigenvalue weighted by molar-refractivity contribution is 5.74. The van der Waals surface area contributed by atoms with Crippen molar-refractivity contribution < 1.29 is 9.90 Å². The van der Waals surface area contributed by atoms with Crippen molar-refractivity contribution >= 4 is 11.7 Å². The molecule has 4 rings (SSSR count). The number of nitrogens with zero attached hydrogens (tertiary/aromatic N) is 4. The van der Waals surface area contributed by atoms with Crippen molar-refractivity contribution in [2.24, 2.45) is 0 Å². The molecule has 1 saturated heterocycles. The zero-order chi connectivity index (χ0) is 20.1. The molecule has 1 aliphatic heterocycles. The van der Waals surface area contributed by atoms with Gasteiger partial charge >= 0.3 is 6.03 Å². The molecule has 150 valence electrons. The number of piperazine rings is 1. The molecule has 0 bridgehead atoms.